The third-order valence-electron chi connectivity index (χ3n) is 5.85. The number of quaternary nitrogens is 1. The van der Waals surface area contributed by atoms with Crippen molar-refractivity contribution in [2.75, 3.05) is 14.1 Å². The number of rotatable bonds is 15. The van der Waals surface area contributed by atoms with E-state index < -0.39 is 0 Å². The molecule has 0 N–H and O–H groups in total. The fraction of sp³-hybridized carbons (Fsp3) is 0.750. The van der Waals surface area contributed by atoms with E-state index in [1.54, 1.807) is 0 Å². The Morgan fingerprint density at radius 3 is 1.72 bits per heavy atom. The lowest BCUT2D eigenvalue weighted by atomic mass is 10.0. The molecule has 1 unspecified atom stereocenters. The highest BCUT2D eigenvalue weighted by Crippen LogP contribution is 2.19. The Morgan fingerprint density at radius 1 is 0.720 bits per heavy atom. The quantitative estimate of drug-likeness (QED) is 0.230. The first-order chi connectivity index (χ1) is 12.1. The topological polar surface area (TPSA) is 0 Å². The van der Waals surface area contributed by atoms with Gasteiger partial charge in [-0.2, -0.15) is 0 Å². The highest BCUT2D eigenvalue weighted by molar-refractivity contribution is 5.13. The number of hydrogen-bond donors (Lipinski definition) is 0. The lowest BCUT2D eigenvalue weighted by Gasteiger charge is -2.36. The molecule has 0 aliphatic heterocycles. The Kier molecular flexibility index (Phi) is 11.9. The van der Waals surface area contributed by atoms with Crippen LogP contribution in [0.2, 0.25) is 0 Å². The van der Waals surface area contributed by atoms with Crippen molar-refractivity contribution in [2.24, 2.45) is 0 Å². The van der Waals surface area contributed by atoms with Gasteiger partial charge in [-0.25, -0.2) is 0 Å². The molecule has 0 heterocycles. The summed E-state index contributed by atoms with van der Waals surface area (Å²) in [4.78, 5) is 0. The molecule has 1 rings (SSSR count). The van der Waals surface area contributed by atoms with Crippen LogP contribution in [-0.4, -0.2) is 24.6 Å². The smallest absolute Gasteiger partial charge is 0.104 e. The second-order valence-corrected chi connectivity index (χ2v) is 8.60. The van der Waals surface area contributed by atoms with Crippen molar-refractivity contribution < 1.29 is 4.48 Å². The summed E-state index contributed by atoms with van der Waals surface area (Å²) in [6.07, 6.45) is 17.1. The van der Waals surface area contributed by atoms with Crippen molar-refractivity contribution >= 4 is 0 Å². The third kappa shape index (κ3) is 10.7. The zero-order valence-electron chi connectivity index (χ0n) is 17.6. The Labute approximate surface area is 158 Å². The minimum absolute atomic E-state index is 0.735. The Bertz CT molecular complexity index is 409. The van der Waals surface area contributed by atoms with Gasteiger partial charge in [-0.15, -0.1) is 0 Å². The zero-order chi connectivity index (χ0) is 18.4. The Morgan fingerprint density at radius 2 is 1.20 bits per heavy atom. The summed E-state index contributed by atoms with van der Waals surface area (Å²) >= 11 is 0. The monoisotopic (exact) mass is 346 g/mol. The second-order valence-electron chi connectivity index (χ2n) is 8.60. The minimum Gasteiger partial charge on any atom is -0.323 e. The predicted octanol–water partition coefficient (Wildman–Crippen LogP) is 7.35. The van der Waals surface area contributed by atoms with E-state index in [0.717, 1.165) is 17.1 Å². The van der Waals surface area contributed by atoms with E-state index in [1.165, 1.54) is 82.6 Å². The summed E-state index contributed by atoms with van der Waals surface area (Å²) in [5.74, 6) is 0. The molecule has 0 amide bonds. The number of unbranched alkanes of at least 4 members (excludes halogenated alkanes) is 10. The normalized spacial score (nSPS) is 13.1. The molecule has 1 nitrogen and oxygen atoms in total. The van der Waals surface area contributed by atoms with Gasteiger partial charge in [-0.3, -0.25) is 0 Å². The van der Waals surface area contributed by atoms with Crippen LogP contribution in [0.25, 0.3) is 0 Å². The number of hydrogen-bond acceptors (Lipinski definition) is 0. The van der Waals surface area contributed by atoms with Crippen molar-refractivity contribution in [1.82, 2.24) is 0 Å². The summed E-state index contributed by atoms with van der Waals surface area (Å²) in [5, 5.41) is 0. The molecule has 25 heavy (non-hydrogen) atoms. The lowest BCUT2D eigenvalue weighted by Crippen LogP contribution is -2.46. The molecule has 144 valence electrons. The van der Waals surface area contributed by atoms with Crippen LogP contribution in [0.5, 0.6) is 0 Å². The highest BCUT2D eigenvalue weighted by Gasteiger charge is 2.23. The molecule has 0 saturated carbocycles. The van der Waals surface area contributed by atoms with Crippen LogP contribution in [0.4, 0.5) is 0 Å². The van der Waals surface area contributed by atoms with Gasteiger partial charge in [0.05, 0.1) is 20.1 Å². The SMILES string of the molecule is CCCCCCCCCCCCCC(C)[N+](C)(C)Cc1ccccc1. The third-order valence-corrected chi connectivity index (χ3v) is 5.85. The van der Waals surface area contributed by atoms with Crippen molar-refractivity contribution in [3.8, 4) is 0 Å². The molecule has 1 aromatic rings. The fourth-order valence-electron chi connectivity index (χ4n) is 3.66. The maximum Gasteiger partial charge on any atom is 0.104 e. The van der Waals surface area contributed by atoms with E-state index in [0.29, 0.717) is 0 Å². The molecule has 0 aliphatic rings. The van der Waals surface area contributed by atoms with Crippen LogP contribution >= 0.6 is 0 Å². The van der Waals surface area contributed by atoms with Crippen LogP contribution in [0, 0.1) is 0 Å². The maximum absolute atomic E-state index is 2.43. The van der Waals surface area contributed by atoms with E-state index in [2.05, 4.69) is 58.3 Å². The Hall–Kier alpha value is -0.820. The molecular weight excluding hydrogens is 302 g/mol. The van der Waals surface area contributed by atoms with Gasteiger partial charge in [0, 0.05) is 5.56 Å². The van der Waals surface area contributed by atoms with Crippen LogP contribution in [0.1, 0.15) is 96.5 Å². The van der Waals surface area contributed by atoms with Crippen LogP contribution in [0.3, 0.4) is 0 Å². The molecule has 0 spiro atoms. The average Bonchev–Trinajstić information content (AvgIpc) is 2.60. The van der Waals surface area contributed by atoms with Crippen LogP contribution in [0.15, 0.2) is 30.3 Å². The van der Waals surface area contributed by atoms with Crippen molar-refractivity contribution in [2.45, 2.75) is 103 Å². The zero-order valence-corrected chi connectivity index (χ0v) is 17.6. The number of benzene rings is 1. The first-order valence-electron chi connectivity index (χ1n) is 10.9. The van der Waals surface area contributed by atoms with Gasteiger partial charge in [0.25, 0.3) is 0 Å². The largest absolute Gasteiger partial charge is 0.323 e. The summed E-state index contributed by atoms with van der Waals surface area (Å²) in [5.41, 5.74) is 1.46. The van der Waals surface area contributed by atoms with E-state index in [4.69, 9.17) is 0 Å². The molecular formula is C24H44N+. The molecule has 0 aromatic heterocycles. The average molecular weight is 347 g/mol. The standard InChI is InChI=1S/C24H44N/c1-5-6-7-8-9-10-11-12-13-14-16-19-23(2)25(3,4)22-24-20-17-15-18-21-24/h15,17-18,20-21,23H,5-14,16,19,22H2,1-4H3/q+1. The van der Waals surface area contributed by atoms with Crippen LogP contribution in [-0.2, 0) is 6.54 Å². The Balaban J connectivity index is 2.03. The summed E-state index contributed by atoms with van der Waals surface area (Å²) in [6, 6.07) is 11.7. The van der Waals surface area contributed by atoms with Crippen molar-refractivity contribution in [3.05, 3.63) is 35.9 Å². The van der Waals surface area contributed by atoms with E-state index >= 15 is 0 Å². The molecule has 1 heteroatoms. The molecule has 0 aliphatic carbocycles. The maximum atomic E-state index is 2.43. The van der Waals surface area contributed by atoms with Crippen LogP contribution < -0.4 is 0 Å². The van der Waals surface area contributed by atoms with Gasteiger partial charge in [-0.05, 0) is 19.8 Å². The van der Waals surface area contributed by atoms with E-state index in [1.807, 2.05) is 0 Å². The van der Waals surface area contributed by atoms with Gasteiger partial charge in [0.15, 0.2) is 0 Å². The van der Waals surface area contributed by atoms with E-state index in [-0.39, 0.29) is 0 Å². The fourth-order valence-corrected chi connectivity index (χ4v) is 3.66. The van der Waals surface area contributed by atoms with Gasteiger partial charge < -0.3 is 4.48 Å². The first kappa shape index (κ1) is 22.2. The van der Waals surface area contributed by atoms with E-state index in [9.17, 15) is 0 Å². The van der Waals surface area contributed by atoms with Gasteiger partial charge >= 0.3 is 0 Å². The first-order valence-corrected chi connectivity index (χ1v) is 10.9. The molecule has 0 radical (unpaired) electrons. The molecule has 1 atom stereocenters. The molecule has 0 fully saturated rings. The highest BCUT2D eigenvalue weighted by atomic mass is 15.3. The molecule has 0 bridgehead atoms. The summed E-state index contributed by atoms with van der Waals surface area (Å²) in [6.45, 7) is 5.86. The van der Waals surface area contributed by atoms with Gasteiger partial charge in [0.2, 0.25) is 0 Å². The van der Waals surface area contributed by atoms with Crippen molar-refractivity contribution in [3.63, 3.8) is 0 Å². The van der Waals surface area contributed by atoms with Gasteiger partial charge in [0.1, 0.15) is 6.54 Å². The summed E-state index contributed by atoms with van der Waals surface area (Å²) < 4.78 is 1.10. The minimum atomic E-state index is 0.735. The van der Waals surface area contributed by atoms with Crippen molar-refractivity contribution in [1.29, 1.82) is 0 Å². The summed E-state index contributed by atoms with van der Waals surface area (Å²) in [7, 11) is 4.77. The lowest BCUT2D eigenvalue weighted by molar-refractivity contribution is -0.926. The molecule has 1 aromatic carbocycles. The predicted molar refractivity (Wildman–Crippen MR) is 113 cm³/mol. The molecule has 0 saturated heterocycles. The second kappa shape index (κ2) is 13.4. The van der Waals surface area contributed by atoms with Gasteiger partial charge in [-0.1, -0.05) is 101 Å². The number of nitrogens with zero attached hydrogens (tertiary/aromatic N) is 1.